The molecule has 0 saturated heterocycles. The van der Waals surface area contributed by atoms with Crippen molar-refractivity contribution in [1.82, 2.24) is 4.98 Å². The summed E-state index contributed by atoms with van der Waals surface area (Å²) in [5.74, 6) is 0.611. The highest BCUT2D eigenvalue weighted by Gasteiger charge is 2.18. The molecule has 0 fully saturated rings. The molecule has 0 bridgehead atoms. The average molecular weight is 295 g/mol. The number of anilines is 1. The smallest absolute Gasteiger partial charge is 0.213 e. The van der Waals surface area contributed by atoms with E-state index < -0.39 is 0 Å². The van der Waals surface area contributed by atoms with Gasteiger partial charge < -0.3 is 14.8 Å². The maximum Gasteiger partial charge on any atom is 0.213 e. The number of halogens is 1. The highest BCUT2D eigenvalue weighted by Crippen LogP contribution is 2.27. The molecule has 0 aliphatic rings. The number of rotatable bonds is 4. The minimum Gasteiger partial charge on any atom is -0.447 e. The second kappa shape index (κ2) is 5.85. The predicted octanol–water partition coefficient (Wildman–Crippen LogP) is 3.73. The zero-order valence-electron chi connectivity index (χ0n) is 11.9. The number of oxazole rings is 1. The van der Waals surface area contributed by atoms with Crippen LogP contribution in [0.1, 0.15) is 37.9 Å². The van der Waals surface area contributed by atoms with Crippen molar-refractivity contribution < 1.29 is 9.52 Å². The number of aliphatic hydroxyl groups is 1. The van der Waals surface area contributed by atoms with Gasteiger partial charge in [-0.2, -0.15) is 0 Å². The van der Waals surface area contributed by atoms with Gasteiger partial charge >= 0.3 is 0 Å². The van der Waals surface area contributed by atoms with Crippen molar-refractivity contribution in [3.63, 3.8) is 0 Å². The molecular formula is C15H19ClN2O2. The van der Waals surface area contributed by atoms with Gasteiger partial charge in [0.1, 0.15) is 6.26 Å². The molecule has 2 N–H and O–H groups in total. The van der Waals surface area contributed by atoms with Crippen molar-refractivity contribution >= 4 is 17.3 Å². The molecule has 0 unspecified atom stereocenters. The molecule has 1 aromatic carbocycles. The molecule has 2 aromatic rings. The Morgan fingerprint density at radius 1 is 1.35 bits per heavy atom. The quantitative estimate of drug-likeness (QED) is 0.902. The van der Waals surface area contributed by atoms with Gasteiger partial charge in [-0.1, -0.05) is 44.5 Å². The van der Waals surface area contributed by atoms with Crippen LogP contribution < -0.4 is 5.32 Å². The van der Waals surface area contributed by atoms with Crippen molar-refractivity contribution in [2.45, 2.75) is 39.3 Å². The van der Waals surface area contributed by atoms with E-state index in [4.69, 9.17) is 16.0 Å². The van der Waals surface area contributed by atoms with Gasteiger partial charge in [0, 0.05) is 5.41 Å². The molecule has 0 radical (unpaired) electrons. The van der Waals surface area contributed by atoms with E-state index in [1.54, 1.807) is 12.3 Å². The number of hydrogen-bond donors (Lipinski definition) is 2. The van der Waals surface area contributed by atoms with Gasteiger partial charge in [-0.3, -0.25) is 0 Å². The van der Waals surface area contributed by atoms with E-state index in [0.29, 0.717) is 23.0 Å². The maximum absolute atomic E-state index is 9.18. The molecule has 0 saturated carbocycles. The Morgan fingerprint density at radius 2 is 2.10 bits per heavy atom. The second-order valence-electron chi connectivity index (χ2n) is 5.67. The number of nitrogens with one attached hydrogen (secondary N) is 1. The lowest BCUT2D eigenvalue weighted by Crippen LogP contribution is -2.12. The summed E-state index contributed by atoms with van der Waals surface area (Å²) < 4.78 is 5.44. The summed E-state index contributed by atoms with van der Waals surface area (Å²) in [6, 6.07) is 5.49. The minimum absolute atomic E-state index is 0.0315. The molecule has 2 rings (SSSR count). The summed E-state index contributed by atoms with van der Waals surface area (Å²) in [6.45, 7) is 6.63. The van der Waals surface area contributed by atoms with Crippen LogP contribution in [0.4, 0.5) is 5.69 Å². The summed E-state index contributed by atoms with van der Waals surface area (Å²) in [4.78, 5) is 4.45. The van der Waals surface area contributed by atoms with Gasteiger partial charge in [0.15, 0.2) is 0 Å². The van der Waals surface area contributed by atoms with E-state index in [1.165, 1.54) is 0 Å². The Labute approximate surface area is 123 Å². The van der Waals surface area contributed by atoms with Gasteiger partial charge in [-0.15, -0.1) is 0 Å². The largest absolute Gasteiger partial charge is 0.447 e. The van der Waals surface area contributed by atoms with Crippen LogP contribution in [0.25, 0.3) is 0 Å². The third-order valence-electron chi connectivity index (χ3n) is 3.00. The first-order chi connectivity index (χ1) is 9.41. The summed E-state index contributed by atoms with van der Waals surface area (Å²) in [7, 11) is 0. The first-order valence-corrected chi connectivity index (χ1v) is 6.86. The van der Waals surface area contributed by atoms with Gasteiger partial charge in [0.2, 0.25) is 5.89 Å². The van der Waals surface area contributed by atoms with Crippen LogP contribution in [0.15, 0.2) is 28.9 Å². The second-order valence-corrected chi connectivity index (χ2v) is 6.04. The molecule has 0 aliphatic heterocycles. The van der Waals surface area contributed by atoms with E-state index in [1.807, 2.05) is 12.1 Å². The molecule has 0 aliphatic carbocycles. The summed E-state index contributed by atoms with van der Waals surface area (Å²) in [5.41, 5.74) is 2.34. The van der Waals surface area contributed by atoms with Crippen molar-refractivity contribution in [2.75, 3.05) is 5.32 Å². The highest BCUT2D eigenvalue weighted by atomic mass is 35.5. The molecule has 1 aromatic heterocycles. The van der Waals surface area contributed by atoms with Gasteiger partial charge in [-0.25, -0.2) is 4.98 Å². The molecule has 0 atom stereocenters. The molecule has 1 heterocycles. The molecular weight excluding hydrogens is 276 g/mol. The monoisotopic (exact) mass is 294 g/mol. The number of benzene rings is 1. The summed E-state index contributed by atoms with van der Waals surface area (Å²) >= 11 is 6.18. The average Bonchev–Trinajstić information content (AvgIpc) is 2.86. The Balaban J connectivity index is 2.08. The third-order valence-corrected chi connectivity index (χ3v) is 3.45. The fraction of sp³-hybridized carbons (Fsp3) is 0.400. The lowest BCUT2D eigenvalue weighted by Gasteiger charge is -2.13. The molecule has 4 nitrogen and oxygen atoms in total. The van der Waals surface area contributed by atoms with E-state index in [2.05, 4.69) is 31.1 Å². The van der Waals surface area contributed by atoms with Crippen LogP contribution in [0, 0.1) is 0 Å². The zero-order valence-corrected chi connectivity index (χ0v) is 12.7. The molecule has 0 spiro atoms. The maximum atomic E-state index is 9.18. The minimum atomic E-state index is -0.0818. The Hall–Kier alpha value is -1.52. The summed E-state index contributed by atoms with van der Waals surface area (Å²) in [6.07, 6.45) is 1.68. The molecule has 20 heavy (non-hydrogen) atoms. The SMILES string of the molecule is CC(C)(C)c1coc(CNc2cccc(CO)c2Cl)n1. The fourth-order valence-electron chi connectivity index (χ4n) is 1.75. The van der Waals surface area contributed by atoms with Crippen LogP contribution in [0.5, 0.6) is 0 Å². The normalized spacial score (nSPS) is 11.7. The Kier molecular flexibility index (Phi) is 4.35. The lowest BCUT2D eigenvalue weighted by molar-refractivity contribution is 0.282. The first kappa shape index (κ1) is 14.9. The zero-order chi connectivity index (χ0) is 14.8. The van der Waals surface area contributed by atoms with Crippen LogP contribution in [0.2, 0.25) is 5.02 Å². The van der Waals surface area contributed by atoms with E-state index in [0.717, 1.165) is 11.4 Å². The lowest BCUT2D eigenvalue weighted by atomic mass is 9.93. The van der Waals surface area contributed by atoms with Crippen LogP contribution in [-0.4, -0.2) is 10.1 Å². The number of hydrogen-bond acceptors (Lipinski definition) is 4. The van der Waals surface area contributed by atoms with Gasteiger partial charge in [-0.05, 0) is 11.6 Å². The number of aromatic nitrogens is 1. The molecule has 5 heteroatoms. The van der Waals surface area contributed by atoms with Crippen molar-refractivity contribution in [3.8, 4) is 0 Å². The summed E-state index contributed by atoms with van der Waals surface area (Å²) in [5, 5.41) is 12.9. The van der Waals surface area contributed by atoms with E-state index in [-0.39, 0.29) is 12.0 Å². The van der Waals surface area contributed by atoms with E-state index in [9.17, 15) is 5.11 Å². The van der Waals surface area contributed by atoms with Crippen LogP contribution in [-0.2, 0) is 18.6 Å². The van der Waals surface area contributed by atoms with Crippen LogP contribution >= 0.6 is 11.6 Å². The van der Waals surface area contributed by atoms with Crippen molar-refractivity contribution in [3.05, 3.63) is 46.6 Å². The Morgan fingerprint density at radius 3 is 2.70 bits per heavy atom. The van der Waals surface area contributed by atoms with Crippen LogP contribution in [0.3, 0.4) is 0 Å². The Bertz CT molecular complexity index is 588. The fourth-order valence-corrected chi connectivity index (χ4v) is 2.00. The molecule has 0 amide bonds. The molecule has 108 valence electrons. The van der Waals surface area contributed by atoms with Crippen molar-refractivity contribution in [1.29, 1.82) is 0 Å². The number of nitrogens with zero attached hydrogens (tertiary/aromatic N) is 1. The number of aliphatic hydroxyl groups excluding tert-OH is 1. The standard InChI is InChI=1S/C15H19ClN2O2/c1-15(2,3)12-9-20-13(18-12)7-17-11-6-4-5-10(8-19)14(11)16/h4-6,9,17,19H,7-8H2,1-3H3. The van der Waals surface area contributed by atoms with Gasteiger partial charge in [0.25, 0.3) is 0 Å². The van der Waals surface area contributed by atoms with E-state index >= 15 is 0 Å². The topological polar surface area (TPSA) is 58.3 Å². The first-order valence-electron chi connectivity index (χ1n) is 6.49. The predicted molar refractivity (Wildman–Crippen MR) is 79.9 cm³/mol. The highest BCUT2D eigenvalue weighted by molar-refractivity contribution is 6.34. The van der Waals surface area contributed by atoms with Gasteiger partial charge in [0.05, 0.1) is 29.6 Å². The van der Waals surface area contributed by atoms with Crippen molar-refractivity contribution in [2.24, 2.45) is 0 Å². The third kappa shape index (κ3) is 3.32.